The third-order valence-electron chi connectivity index (χ3n) is 6.39. The van der Waals surface area contributed by atoms with Crippen molar-refractivity contribution in [3.8, 4) is 17.7 Å². The molecule has 0 radical (unpaired) electrons. The number of aliphatic imine (C=N–C) groups is 1. The number of carbonyl (C=O) groups is 1. The fraction of sp³-hybridized carbons (Fsp3) is 0.400. The second-order valence-electron chi connectivity index (χ2n) is 8.18. The normalized spacial score (nSPS) is 19.2. The third-order valence-corrected chi connectivity index (χ3v) is 6.39. The van der Waals surface area contributed by atoms with Gasteiger partial charge >= 0.3 is 0 Å². The van der Waals surface area contributed by atoms with Crippen molar-refractivity contribution in [1.29, 1.82) is 5.26 Å². The number of hydrogen-bond donors (Lipinski definition) is 2. The monoisotopic (exact) mass is 449 g/mol. The predicted octanol–water partition coefficient (Wildman–Crippen LogP) is 3.46. The minimum absolute atomic E-state index is 0.137. The molecule has 0 saturated heterocycles. The number of methoxy groups -OCH3 is 2. The quantitative estimate of drug-likeness (QED) is 0.380. The summed E-state index contributed by atoms with van der Waals surface area (Å²) >= 11 is 0. The molecule has 8 heteroatoms. The number of nitrogens with two attached hydrogens (primary N) is 1. The number of nitrogens with zero attached hydrogens (tertiary/aromatic N) is 3. The Bertz CT molecular complexity index is 1010. The molecule has 0 heterocycles. The molecule has 2 aromatic rings. The van der Waals surface area contributed by atoms with Gasteiger partial charge < -0.3 is 25.4 Å². The highest BCUT2D eigenvalue weighted by Crippen LogP contribution is 2.36. The number of benzene rings is 2. The first-order chi connectivity index (χ1) is 16.0. The topological polar surface area (TPSA) is 113 Å². The average molecular weight is 450 g/mol. The smallest absolute Gasteiger partial charge is 0.255 e. The van der Waals surface area contributed by atoms with Crippen LogP contribution < -0.4 is 20.5 Å². The van der Waals surface area contributed by atoms with Crippen LogP contribution in [0, 0.1) is 17.4 Å². The molecule has 1 saturated carbocycles. The van der Waals surface area contributed by atoms with Gasteiger partial charge in [-0.05, 0) is 49.3 Å². The minimum atomic E-state index is -0.187. The fourth-order valence-corrected chi connectivity index (χ4v) is 4.48. The van der Waals surface area contributed by atoms with Crippen LogP contribution in [0.5, 0.6) is 11.5 Å². The summed E-state index contributed by atoms with van der Waals surface area (Å²) in [4.78, 5) is 18.8. The second-order valence-corrected chi connectivity index (χ2v) is 8.18. The number of nitriles is 1. The van der Waals surface area contributed by atoms with Gasteiger partial charge in [-0.25, -0.2) is 0 Å². The Morgan fingerprint density at radius 3 is 2.45 bits per heavy atom. The summed E-state index contributed by atoms with van der Waals surface area (Å²) in [7, 11) is 4.99. The molecule has 174 valence electrons. The molecule has 1 amide bonds. The van der Waals surface area contributed by atoms with Gasteiger partial charge in [0.15, 0.2) is 0 Å². The summed E-state index contributed by atoms with van der Waals surface area (Å²) in [6.07, 6.45) is 5.36. The molecule has 1 atom stereocenters. The van der Waals surface area contributed by atoms with Crippen molar-refractivity contribution in [1.82, 2.24) is 10.2 Å². The number of rotatable bonds is 7. The van der Waals surface area contributed by atoms with E-state index >= 15 is 0 Å². The Morgan fingerprint density at radius 2 is 1.85 bits per heavy atom. The molecule has 1 aliphatic rings. The summed E-state index contributed by atoms with van der Waals surface area (Å²) in [5, 5.41) is 12.0. The van der Waals surface area contributed by atoms with Crippen LogP contribution in [0.3, 0.4) is 0 Å². The molecular weight excluding hydrogens is 418 g/mol. The molecule has 0 bridgehead atoms. The van der Waals surface area contributed by atoms with Gasteiger partial charge in [-0.3, -0.25) is 4.79 Å². The number of ether oxygens (including phenoxy) is 2. The molecule has 3 N–H and O–H groups in total. The minimum Gasteiger partial charge on any atom is -0.497 e. The van der Waals surface area contributed by atoms with Crippen LogP contribution in [0.15, 0.2) is 53.5 Å². The van der Waals surface area contributed by atoms with E-state index in [2.05, 4.69) is 10.3 Å². The van der Waals surface area contributed by atoms with Crippen molar-refractivity contribution < 1.29 is 14.3 Å². The van der Waals surface area contributed by atoms with Gasteiger partial charge in [-0.1, -0.05) is 30.3 Å². The summed E-state index contributed by atoms with van der Waals surface area (Å²) in [5.41, 5.74) is 7.43. The van der Waals surface area contributed by atoms with Gasteiger partial charge in [0, 0.05) is 19.2 Å². The first-order valence-corrected chi connectivity index (χ1v) is 11.0. The van der Waals surface area contributed by atoms with Crippen LogP contribution in [0.25, 0.3) is 0 Å². The van der Waals surface area contributed by atoms with Crippen LogP contribution in [0.2, 0.25) is 0 Å². The number of guanidine groups is 1. The van der Waals surface area contributed by atoms with Gasteiger partial charge in [0.25, 0.3) is 5.91 Å². The molecule has 3 rings (SSSR count). The largest absolute Gasteiger partial charge is 0.497 e. The van der Waals surface area contributed by atoms with Gasteiger partial charge in [0.1, 0.15) is 11.5 Å². The molecule has 0 aliphatic heterocycles. The second kappa shape index (κ2) is 11.2. The first kappa shape index (κ1) is 23.9. The van der Waals surface area contributed by atoms with E-state index in [9.17, 15) is 4.79 Å². The summed E-state index contributed by atoms with van der Waals surface area (Å²) in [6.45, 7) is 0. The van der Waals surface area contributed by atoms with Crippen molar-refractivity contribution in [2.75, 3.05) is 21.3 Å². The van der Waals surface area contributed by atoms with Crippen molar-refractivity contribution in [2.45, 2.75) is 37.8 Å². The third kappa shape index (κ3) is 5.75. The maximum Gasteiger partial charge on any atom is 0.255 e. The summed E-state index contributed by atoms with van der Waals surface area (Å²) < 4.78 is 10.7. The number of nitrogens with one attached hydrogen (secondary N) is 1. The Labute approximate surface area is 195 Å². The molecule has 33 heavy (non-hydrogen) atoms. The van der Waals surface area contributed by atoms with E-state index < -0.39 is 0 Å². The number of amides is 1. The summed E-state index contributed by atoms with van der Waals surface area (Å²) in [6, 6.07) is 15.3. The van der Waals surface area contributed by atoms with Crippen molar-refractivity contribution in [3.63, 3.8) is 0 Å². The van der Waals surface area contributed by atoms with Crippen LogP contribution in [-0.4, -0.2) is 44.1 Å². The van der Waals surface area contributed by atoms with Crippen molar-refractivity contribution >= 4 is 11.9 Å². The number of carbonyl (C=O) groups excluding carboxylic acids is 1. The first-order valence-electron chi connectivity index (χ1n) is 11.0. The van der Waals surface area contributed by atoms with Gasteiger partial charge in [0.2, 0.25) is 12.2 Å². The average Bonchev–Trinajstić information content (AvgIpc) is 2.87. The van der Waals surface area contributed by atoms with E-state index in [1.165, 1.54) is 0 Å². The maximum absolute atomic E-state index is 13.3. The maximum atomic E-state index is 13.3. The van der Waals surface area contributed by atoms with E-state index in [4.69, 9.17) is 20.5 Å². The van der Waals surface area contributed by atoms with E-state index in [0.717, 1.165) is 31.2 Å². The highest BCUT2D eigenvalue weighted by molar-refractivity contribution is 5.97. The predicted molar refractivity (Wildman–Crippen MR) is 127 cm³/mol. The van der Waals surface area contributed by atoms with Gasteiger partial charge in [-0.15, -0.1) is 4.99 Å². The van der Waals surface area contributed by atoms with Crippen LogP contribution in [0.4, 0.5) is 0 Å². The van der Waals surface area contributed by atoms with E-state index in [-0.39, 0.29) is 29.9 Å². The summed E-state index contributed by atoms with van der Waals surface area (Å²) in [5.74, 6) is 1.41. The highest BCUT2D eigenvalue weighted by atomic mass is 16.5. The fourth-order valence-electron chi connectivity index (χ4n) is 4.48. The molecule has 8 nitrogen and oxygen atoms in total. The lowest BCUT2D eigenvalue weighted by molar-refractivity contribution is 0.0901. The van der Waals surface area contributed by atoms with Gasteiger partial charge in [0.05, 0.1) is 25.8 Å². The SMILES string of the molecule is COc1ccc(C(=O)NC(c2ccccc2)C2CCC(N(C)C(N)=NC#N)CC2)c(OC)c1. The van der Waals surface area contributed by atoms with Crippen molar-refractivity contribution in [2.24, 2.45) is 16.6 Å². The zero-order chi connectivity index (χ0) is 23.8. The molecule has 2 aromatic carbocycles. The molecule has 1 unspecified atom stereocenters. The zero-order valence-corrected chi connectivity index (χ0v) is 19.3. The Kier molecular flexibility index (Phi) is 8.14. The Morgan fingerprint density at radius 1 is 1.15 bits per heavy atom. The molecule has 0 aromatic heterocycles. The lowest BCUT2D eigenvalue weighted by atomic mass is 9.78. The Hall–Kier alpha value is -3.73. The number of hydrogen-bond acceptors (Lipinski definition) is 5. The molecular formula is C25H31N5O3. The molecule has 1 aliphatic carbocycles. The van der Waals surface area contributed by atoms with Gasteiger partial charge in [-0.2, -0.15) is 5.26 Å². The van der Waals surface area contributed by atoms with E-state index in [1.807, 2.05) is 42.3 Å². The lowest BCUT2D eigenvalue weighted by Gasteiger charge is -2.38. The standard InChI is InChI=1S/C25H31N5O3/c1-30(25(27)28-16-26)19-11-9-18(10-12-19)23(17-7-5-4-6-8-17)29-24(31)21-14-13-20(32-2)15-22(21)33-3/h4-8,13-15,18-19,23H,9-12H2,1-3H3,(H2,27,28)(H,29,31). The lowest BCUT2D eigenvalue weighted by Crippen LogP contribution is -2.44. The van der Waals surface area contributed by atoms with Crippen LogP contribution >= 0.6 is 0 Å². The Balaban J connectivity index is 1.78. The zero-order valence-electron chi connectivity index (χ0n) is 19.3. The molecule has 1 fully saturated rings. The van der Waals surface area contributed by atoms with Crippen LogP contribution in [0.1, 0.15) is 47.6 Å². The van der Waals surface area contributed by atoms with Crippen molar-refractivity contribution in [3.05, 3.63) is 59.7 Å². The molecule has 0 spiro atoms. The van der Waals surface area contributed by atoms with E-state index in [1.54, 1.807) is 38.6 Å². The highest BCUT2D eigenvalue weighted by Gasteiger charge is 2.32. The van der Waals surface area contributed by atoms with E-state index in [0.29, 0.717) is 17.1 Å². The van der Waals surface area contributed by atoms with Crippen LogP contribution in [-0.2, 0) is 0 Å².